The number of methoxy groups -OCH3 is 1. The van der Waals surface area contributed by atoms with Crippen molar-refractivity contribution in [3.05, 3.63) is 0 Å². The lowest BCUT2D eigenvalue weighted by Crippen LogP contribution is -2.56. The minimum Gasteiger partial charge on any atom is -0.467 e. The van der Waals surface area contributed by atoms with Crippen LogP contribution in [0.5, 0.6) is 0 Å². The van der Waals surface area contributed by atoms with E-state index in [9.17, 15) is 14.4 Å². The number of esters is 1. The zero-order chi connectivity index (χ0) is 17.2. The Morgan fingerprint density at radius 1 is 1.26 bits per heavy atom. The van der Waals surface area contributed by atoms with E-state index in [1.165, 1.54) is 7.11 Å². The van der Waals surface area contributed by atoms with E-state index in [2.05, 4.69) is 4.74 Å². The molecular weight excluding hydrogens is 320 g/mol. The minimum atomic E-state index is -0.751. The molecule has 2 aliphatic heterocycles. The predicted octanol–water partition coefficient (Wildman–Crippen LogP) is 0.334. The highest BCUT2D eigenvalue weighted by Gasteiger charge is 2.42. The van der Waals surface area contributed by atoms with Crippen LogP contribution in [-0.2, 0) is 23.9 Å². The van der Waals surface area contributed by atoms with Crippen LogP contribution in [0.2, 0.25) is 0 Å². The second-order valence-corrected chi connectivity index (χ2v) is 7.71. The Kier molecular flexibility index (Phi) is 5.57. The van der Waals surface area contributed by atoms with Crippen molar-refractivity contribution in [1.82, 2.24) is 9.80 Å². The lowest BCUT2D eigenvalue weighted by molar-refractivity contribution is -0.164. The summed E-state index contributed by atoms with van der Waals surface area (Å²) in [5, 5.41) is 0. The van der Waals surface area contributed by atoms with Crippen LogP contribution in [0.4, 0.5) is 0 Å². The first-order valence-electron chi connectivity index (χ1n) is 7.62. The molecule has 2 atom stereocenters. The fourth-order valence-corrected chi connectivity index (χ4v) is 3.76. The largest absolute Gasteiger partial charge is 0.467 e. The van der Waals surface area contributed by atoms with Gasteiger partial charge in [0.05, 0.1) is 26.1 Å². The van der Waals surface area contributed by atoms with Crippen LogP contribution in [0.15, 0.2) is 0 Å². The van der Waals surface area contributed by atoms with E-state index < -0.39 is 23.5 Å². The minimum absolute atomic E-state index is 0.0290. The quantitative estimate of drug-likeness (QED) is 0.672. The summed E-state index contributed by atoms with van der Waals surface area (Å²) in [6, 6.07) is -0.469. The molecule has 130 valence electrons. The average molecular weight is 344 g/mol. The Morgan fingerprint density at radius 2 is 1.96 bits per heavy atom. The number of rotatable bonds is 2. The third kappa shape index (κ3) is 3.98. The van der Waals surface area contributed by atoms with Crippen LogP contribution in [0.25, 0.3) is 0 Å². The third-order valence-corrected chi connectivity index (χ3v) is 4.92. The molecule has 23 heavy (non-hydrogen) atoms. The molecule has 2 heterocycles. The molecule has 0 unspecified atom stereocenters. The van der Waals surface area contributed by atoms with Gasteiger partial charge >= 0.3 is 5.97 Å². The first-order chi connectivity index (χ1) is 10.8. The van der Waals surface area contributed by atoms with Crippen LogP contribution in [-0.4, -0.2) is 78.2 Å². The molecule has 0 saturated carbocycles. The van der Waals surface area contributed by atoms with Crippen LogP contribution < -0.4 is 0 Å². The van der Waals surface area contributed by atoms with E-state index in [0.717, 1.165) is 0 Å². The van der Waals surface area contributed by atoms with E-state index in [4.69, 9.17) is 4.74 Å². The molecule has 7 nitrogen and oxygen atoms in total. The maximum atomic E-state index is 12.8. The Labute approximate surface area is 140 Å². The molecule has 2 fully saturated rings. The van der Waals surface area contributed by atoms with Crippen molar-refractivity contribution in [2.24, 2.45) is 5.41 Å². The van der Waals surface area contributed by atoms with Crippen LogP contribution >= 0.6 is 11.8 Å². The topological polar surface area (TPSA) is 76.2 Å². The molecule has 2 rings (SSSR count). The summed E-state index contributed by atoms with van der Waals surface area (Å²) in [6.45, 7) is 6.43. The van der Waals surface area contributed by atoms with E-state index in [1.54, 1.807) is 21.6 Å². The van der Waals surface area contributed by atoms with Gasteiger partial charge in [0.1, 0.15) is 6.04 Å². The lowest BCUT2D eigenvalue weighted by Gasteiger charge is -2.36. The summed E-state index contributed by atoms with van der Waals surface area (Å²) in [4.78, 5) is 40.2. The Morgan fingerprint density at radius 3 is 2.57 bits per heavy atom. The highest BCUT2D eigenvalue weighted by Crippen LogP contribution is 2.28. The molecule has 0 aromatic heterocycles. The van der Waals surface area contributed by atoms with Gasteiger partial charge in [0.2, 0.25) is 11.8 Å². The number of hydrogen-bond acceptors (Lipinski definition) is 6. The fourth-order valence-electron chi connectivity index (χ4n) is 2.61. The zero-order valence-electron chi connectivity index (χ0n) is 14.0. The van der Waals surface area contributed by atoms with Gasteiger partial charge in [-0.2, -0.15) is 0 Å². The highest BCUT2D eigenvalue weighted by molar-refractivity contribution is 7.99. The molecule has 0 aromatic rings. The Balaban J connectivity index is 2.06. The van der Waals surface area contributed by atoms with Gasteiger partial charge in [-0.15, -0.1) is 11.8 Å². The van der Waals surface area contributed by atoms with E-state index in [-0.39, 0.29) is 18.4 Å². The van der Waals surface area contributed by atoms with Crippen molar-refractivity contribution in [3.63, 3.8) is 0 Å². The molecule has 8 heteroatoms. The molecule has 2 saturated heterocycles. The van der Waals surface area contributed by atoms with Crippen molar-refractivity contribution >= 4 is 29.5 Å². The molecule has 0 aromatic carbocycles. The number of morpholine rings is 1. The van der Waals surface area contributed by atoms with Crippen LogP contribution in [0, 0.1) is 5.41 Å². The molecular formula is C15H24N2O5S. The first kappa shape index (κ1) is 18.1. The number of carbonyl (C=O) groups is 3. The summed E-state index contributed by atoms with van der Waals surface area (Å²) in [5.41, 5.74) is -0.525. The van der Waals surface area contributed by atoms with Crippen LogP contribution in [0.3, 0.4) is 0 Å². The molecule has 0 aliphatic carbocycles. The highest BCUT2D eigenvalue weighted by atomic mass is 32.2. The second-order valence-electron chi connectivity index (χ2n) is 6.71. The Hall–Kier alpha value is -1.28. The maximum absolute atomic E-state index is 12.8. The van der Waals surface area contributed by atoms with Gasteiger partial charge < -0.3 is 19.3 Å². The molecule has 0 N–H and O–H groups in total. The third-order valence-electron chi connectivity index (χ3n) is 3.91. The van der Waals surface area contributed by atoms with Gasteiger partial charge in [-0.25, -0.2) is 4.79 Å². The van der Waals surface area contributed by atoms with Crippen molar-refractivity contribution in [2.45, 2.75) is 32.9 Å². The lowest BCUT2D eigenvalue weighted by atomic mass is 9.94. The number of hydrogen-bond donors (Lipinski definition) is 0. The van der Waals surface area contributed by atoms with E-state index in [0.29, 0.717) is 24.8 Å². The number of carbonyl (C=O) groups excluding carboxylic acids is 3. The molecule has 2 amide bonds. The normalized spacial score (nSPS) is 25.4. The van der Waals surface area contributed by atoms with Gasteiger partial charge in [0.15, 0.2) is 6.10 Å². The van der Waals surface area contributed by atoms with Gasteiger partial charge in [-0.1, -0.05) is 20.8 Å². The summed E-state index contributed by atoms with van der Waals surface area (Å²) in [7, 11) is 1.30. The summed E-state index contributed by atoms with van der Waals surface area (Å²) >= 11 is 1.57. The Bertz CT molecular complexity index is 491. The molecule has 0 spiro atoms. The molecule has 0 radical (unpaired) electrons. The monoisotopic (exact) mass is 344 g/mol. The zero-order valence-corrected chi connectivity index (χ0v) is 14.9. The van der Waals surface area contributed by atoms with E-state index in [1.807, 2.05) is 20.8 Å². The van der Waals surface area contributed by atoms with Crippen molar-refractivity contribution < 1.29 is 23.9 Å². The van der Waals surface area contributed by atoms with E-state index >= 15 is 0 Å². The summed E-state index contributed by atoms with van der Waals surface area (Å²) in [5.74, 6) is 0.479. The fraction of sp³-hybridized carbons (Fsp3) is 0.800. The summed E-state index contributed by atoms with van der Waals surface area (Å²) < 4.78 is 10.0. The predicted molar refractivity (Wildman–Crippen MR) is 85.8 cm³/mol. The van der Waals surface area contributed by atoms with Gasteiger partial charge in [0, 0.05) is 17.7 Å². The summed E-state index contributed by atoms with van der Waals surface area (Å²) in [6.07, 6.45) is -0.751. The number of ether oxygens (including phenoxy) is 2. The maximum Gasteiger partial charge on any atom is 0.336 e. The van der Waals surface area contributed by atoms with Crippen molar-refractivity contribution in [3.8, 4) is 0 Å². The second kappa shape index (κ2) is 7.09. The molecule has 2 aliphatic rings. The van der Waals surface area contributed by atoms with Gasteiger partial charge in [0.25, 0.3) is 0 Å². The molecule has 0 bridgehead atoms. The van der Waals surface area contributed by atoms with Gasteiger partial charge in [-0.05, 0) is 0 Å². The number of thioether (sulfide) groups is 1. The first-order valence-corrected chi connectivity index (χ1v) is 8.78. The number of amides is 2. The van der Waals surface area contributed by atoms with Crippen molar-refractivity contribution in [2.75, 3.05) is 38.4 Å². The SMILES string of the molecule is COC(=O)[C@@H]1CN(C(=O)[C@@H]2CSCN2C(=O)C(C)(C)C)CCO1. The van der Waals surface area contributed by atoms with Gasteiger partial charge in [-0.3, -0.25) is 9.59 Å². The average Bonchev–Trinajstić information content (AvgIpc) is 3.01. The standard InChI is InChI=1S/C15H24N2O5S/c1-15(2,3)14(20)17-9-23-8-10(17)12(18)16-5-6-22-11(7-16)13(19)21-4/h10-11H,5-9H2,1-4H3/t10-,11-/m0/s1. The van der Waals surface area contributed by atoms with Crippen molar-refractivity contribution in [1.29, 1.82) is 0 Å². The number of nitrogens with zero attached hydrogens (tertiary/aromatic N) is 2. The van der Waals surface area contributed by atoms with Crippen LogP contribution in [0.1, 0.15) is 20.8 Å². The smallest absolute Gasteiger partial charge is 0.336 e.